The molecule has 1 N–H and O–H groups in total. The average Bonchev–Trinajstić information content (AvgIpc) is 3.39. The number of aryl methyl sites for hydroxylation is 2. The molecule has 0 radical (unpaired) electrons. The summed E-state index contributed by atoms with van der Waals surface area (Å²) < 4.78 is 6.03. The average molecular weight is 437 g/mol. The molecule has 160 valence electrons. The van der Waals surface area contributed by atoms with E-state index < -0.39 is 0 Å². The molecule has 7 heteroatoms. The first-order valence-electron chi connectivity index (χ1n) is 10.8. The normalized spacial score (nSPS) is 18.3. The van der Waals surface area contributed by atoms with Crippen molar-refractivity contribution in [2.45, 2.75) is 38.7 Å². The van der Waals surface area contributed by atoms with Gasteiger partial charge in [0.2, 0.25) is 0 Å². The maximum absolute atomic E-state index is 13.2. The van der Waals surface area contributed by atoms with Crippen LogP contribution < -0.4 is 0 Å². The zero-order valence-electron chi connectivity index (χ0n) is 17.5. The molecule has 1 atom stereocenters. The van der Waals surface area contributed by atoms with Crippen LogP contribution in [0.3, 0.4) is 0 Å². The van der Waals surface area contributed by atoms with E-state index in [1.807, 2.05) is 36.1 Å². The van der Waals surface area contributed by atoms with Crippen molar-refractivity contribution in [1.29, 1.82) is 0 Å². The molecular weight excluding hydrogens is 412 g/mol. The fourth-order valence-electron chi connectivity index (χ4n) is 4.56. The van der Waals surface area contributed by atoms with Crippen LogP contribution in [0.2, 0.25) is 5.02 Å². The van der Waals surface area contributed by atoms with Crippen molar-refractivity contribution in [2.75, 3.05) is 19.7 Å². The van der Waals surface area contributed by atoms with Crippen LogP contribution in [0.5, 0.6) is 0 Å². The number of pyridine rings is 1. The third-order valence-corrected chi connectivity index (χ3v) is 6.45. The molecular formula is C24H25ClN4O2. The fraction of sp³-hybridized carbons (Fsp3) is 0.375. The number of hydrogen-bond donors (Lipinski definition) is 1. The number of morpholine rings is 1. The van der Waals surface area contributed by atoms with E-state index in [2.05, 4.69) is 22.3 Å². The maximum atomic E-state index is 13.2. The molecule has 0 saturated carbocycles. The van der Waals surface area contributed by atoms with Crippen molar-refractivity contribution in [3.8, 4) is 0 Å². The van der Waals surface area contributed by atoms with E-state index in [-0.39, 0.29) is 12.0 Å². The molecule has 0 unspecified atom stereocenters. The molecule has 0 bridgehead atoms. The van der Waals surface area contributed by atoms with Gasteiger partial charge in [-0.3, -0.25) is 14.9 Å². The van der Waals surface area contributed by atoms with Crippen LogP contribution in [0.4, 0.5) is 0 Å². The predicted octanol–water partition coefficient (Wildman–Crippen LogP) is 4.06. The van der Waals surface area contributed by atoms with Crippen LogP contribution >= 0.6 is 11.6 Å². The van der Waals surface area contributed by atoms with Crippen LogP contribution in [0.15, 0.2) is 36.4 Å². The van der Waals surface area contributed by atoms with E-state index in [1.165, 1.54) is 0 Å². The van der Waals surface area contributed by atoms with Gasteiger partial charge in [0, 0.05) is 28.5 Å². The highest BCUT2D eigenvalue weighted by atomic mass is 35.5. The van der Waals surface area contributed by atoms with Gasteiger partial charge in [0.1, 0.15) is 6.10 Å². The van der Waals surface area contributed by atoms with E-state index in [4.69, 9.17) is 21.3 Å². The Morgan fingerprint density at radius 2 is 2.16 bits per heavy atom. The number of benzene rings is 1. The second-order valence-corrected chi connectivity index (χ2v) is 8.71. The lowest BCUT2D eigenvalue weighted by molar-refractivity contribution is -0.0250. The lowest BCUT2D eigenvalue weighted by atomic mass is 10.0. The van der Waals surface area contributed by atoms with E-state index in [9.17, 15) is 4.79 Å². The van der Waals surface area contributed by atoms with Gasteiger partial charge in [0.25, 0.3) is 5.91 Å². The first-order valence-corrected chi connectivity index (χ1v) is 11.1. The van der Waals surface area contributed by atoms with Gasteiger partial charge in [-0.1, -0.05) is 29.8 Å². The lowest BCUT2D eigenvalue weighted by Gasteiger charge is -2.32. The fourth-order valence-corrected chi connectivity index (χ4v) is 4.76. The van der Waals surface area contributed by atoms with Crippen molar-refractivity contribution in [3.63, 3.8) is 0 Å². The summed E-state index contributed by atoms with van der Waals surface area (Å²) in [7, 11) is 0. The number of aromatic nitrogens is 3. The molecule has 3 aromatic rings. The van der Waals surface area contributed by atoms with E-state index in [1.54, 1.807) is 0 Å². The van der Waals surface area contributed by atoms with Crippen LogP contribution in [0.1, 0.15) is 56.8 Å². The molecule has 2 aromatic heterocycles. The Balaban J connectivity index is 1.35. The Morgan fingerprint density at radius 1 is 1.29 bits per heavy atom. The number of nitrogens with zero attached hydrogens (tertiary/aromatic N) is 3. The summed E-state index contributed by atoms with van der Waals surface area (Å²) in [5, 5.41) is 8.11. The van der Waals surface area contributed by atoms with Crippen molar-refractivity contribution >= 4 is 17.5 Å². The SMILES string of the molecule is Cc1cc(Cc2ccccc2Cl)cc([C@H]2CN(C(=O)c3n[nH]c4c3CCC4)CCO2)n1. The number of H-pyrrole nitrogens is 1. The van der Waals surface area contributed by atoms with Gasteiger partial charge in [0.15, 0.2) is 5.69 Å². The molecule has 0 spiro atoms. The largest absolute Gasteiger partial charge is 0.368 e. The standard InChI is InChI=1S/C24H25ClN4O2/c1-15-11-16(12-17-5-2-3-7-19(17)25)13-21(26-15)22-14-29(9-10-31-22)24(30)23-18-6-4-8-20(18)27-28-23/h2-3,5,7,11,13,22H,4,6,8-10,12,14H2,1H3,(H,27,28)/t22-/m1/s1. The number of amides is 1. The molecule has 1 saturated heterocycles. The topological polar surface area (TPSA) is 71.1 Å². The number of rotatable bonds is 4. The summed E-state index contributed by atoms with van der Waals surface area (Å²) in [6.07, 6.45) is 3.45. The van der Waals surface area contributed by atoms with E-state index >= 15 is 0 Å². The molecule has 31 heavy (non-hydrogen) atoms. The van der Waals surface area contributed by atoms with E-state index in [0.717, 1.165) is 64.5 Å². The summed E-state index contributed by atoms with van der Waals surface area (Å²) in [5.74, 6) is -0.0170. The highest BCUT2D eigenvalue weighted by Gasteiger charge is 2.31. The summed E-state index contributed by atoms with van der Waals surface area (Å²) in [6, 6.07) is 12.0. The number of halogens is 1. The molecule has 1 aliphatic heterocycles. The Morgan fingerprint density at radius 3 is 3.03 bits per heavy atom. The highest BCUT2D eigenvalue weighted by molar-refractivity contribution is 6.31. The number of fused-ring (bicyclic) bond motifs is 1. The summed E-state index contributed by atoms with van der Waals surface area (Å²) >= 11 is 6.35. The van der Waals surface area contributed by atoms with Crippen molar-refractivity contribution < 1.29 is 9.53 Å². The van der Waals surface area contributed by atoms with Gasteiger partial charge in [-0.05, 0) is 61.9 Å². The number of carbonyl (C=O) groups excluding carboxylic acids is 1. The number of ether oxygens (including phenoxy) is 1. The molecule has 1 fully saturated rings. The highest BCUT2D eigenvalue weighted by Crippen LogP contribution is 2.28. The minimum Gasteiger partial charge on any atom is -0.368 e. The molecule has 5 rings (SSSR count). The Kier molecular flexibility index (Phi) is 5.50. The summed E-state index contributed by atoms with van der Waals surface area (Å²) in [4.78, 5) is 19.7. The molecule has 6 nitrogen and oxygen atoms in total. The van der Waals surface area contributed by atoms with Gasteiger partial charge in [-0.15, -0.1) is 0 Å². The van der Waals surface area contributed by atoms with Gasteiger partial charge in [-0.2, -0.15) is 5.10 Å². The van der Waals surface area contributed by atoms with Gasteiger partial charge < -0.3 is 9.64 Å². The first kappa shape index (κ1) is 20.2. The predicted molar refractivity (Wildman–Crippen MR) is 118 cm³/mol. The Hall–Kier alpha value is -2.70. The third-order valence-electron chi connectivity index (χ3n) is 6.08. The Bertz CT molecular complexity index is 1130. The number of carbonyl (C=O) groups is 1. The zero-order valence-corrected chi connectivity index (χ0v) is 18.3. The third kappa shape index (κ3) is 4.10. The number of hydrogen-bond acceptors (Lipinski definition) is 4. The first-order chi connectivity index (χ1) is 15.1. The van der Waals surface area contributed by atoms with E-state index in [0.29, 0.717) is 25.4 Å². The van der Waals surface area contributed by atoms with Crippen molar-refractivity contribution in [2.24, 2.45) is 0 Å². The minimum absolute atomic E-state index is 0.0170. The van der Waals surface area contributed by atoms with Gasteiger partial charge in [-0.25, -0.2) is 0 Å². The molecule has 1 aliphatic carbocycles. The number of aromatic amines is 1. The number of nitrogens with one attached hydrogen (secondary N) is 1. The van der Waals surface area contributed by atoms with Crippen LogP contribution in [0.25, 0.3) is 0 Å². The van der Waals surface area contributed by atoms with Crippen molar-refractivity contribution in [1.82, 2.24) is 20.1 Å². The lowest BCUT2D eigenvalue weighted by Crippen LogP contribution is -2.43. The van der Waals surface area contributed by atoms with Crippen LogP contribution in [0, 0.1) is 6.92 Å². The second kappa shape index (κ2) is 8.44. The molecule has 3 heterocycles. The second-order valence-electron chi connectivity index (χ2n) is 8.30. The quantitative estimate of drug-likeness (QED) is 0.669. The van der Waals surface area contributed by atoms with Gasteiger partial charge in [0.05, 0.1) is 18.8 Å². The van der Waals surface area contributed by atoms with Crippen LogP contribution in [-0.2, 0) is 24.0 Å². The monoisotopic (exact) mass is 436 g/mol. The molecule has 1 aromatic carbocycles. The maximum Gasteiger partial charge on any atom is 0.274 e. The van der Waals surface area contributed by atoms with Gasteiger partial charge >= 0.3 is 0 Å². The molecule has 2 aliphatic rings. The summed E-state index contributed by atoms with van der Waals surface area (Å²) in [6.45, 7) is 3.51. The molecule has 1 amide bonds. The zero-order chi connectivity index (χ0) is 21.4. The van der Waals surface area contributed by atoms with Crippen LogP contribution in [-0.4, -0.2) is 45.7 Å². The minimum atomic E-state index is -0.255. The summed E-state index contributed by atoms with van der Waals surface area (Å²) in [5.41, 5.74) is 6.76. The Labute approximate surface area is 186 Å². The smallest absolute Gasteiger partial charge is 0.274 e. The van der Waals surface area contributed by atoms with Crippen molar-refractivity contribution in [3.05, 3.63) is 80.9 Å².